The van der Waals surface area contributed by atoms with Gasteiger partial charge in [-0.2, -0.15) is 0 Å². The number of likely N-dealkylation sites (N-methyl/N-ethyl adjacent to an activating group) is 1. The zero-order valence-electron chi connectivity index (χ0n) is 33.5. The number of hydrogen-bond donors (Lipinski definition) is 3. The molecule has 6 atom stereocenters. The monoisotopic (exact) mass is 786 g/mol. The van der Waals surface area contributed by atoms with Crippen LogP contribution in [0.3, 0.4) is 0 Å². The minimum Gasteiger partial charge on any atom is -0.390 e. The van der Waals surface area contributed by atoms with Gasteiger partial charge in [-0.05, 0) is 70.7 Å². The number of likely N-dealkylation sites (tertiary alicyclic amines) is 1. The van der Waals surface area contributed by atoms with Crippen LogP contribution in [0.1, 0.15) is 63.8 Å². The molecule has 2 fully saturated rings. The fourth-order valence-corrected chi connectivity index (χ4v) is 7.01. The largest absolute Gasteiger partial charge is 0.390 e. The second kappa shape index (κ2) is 19.2. The molecule has 306 valence electrons. The van der Waals surface area contributed by atoms with Crippen LogP contribution in [0.15, 0.2) is 71.3 Å². The van der Waals surface area contributed by atoms with Crippen LogP contribution in [0.2, 0.25) is 0 Å². The van der Waals surface area contributed by atoms with Crippen LogP contribution in [0.25, 0.3) is 0 Å². The molecule has 0 bridgehead atoms. The van der Waals surface area contributed by atoms with Crippen LogP contribution in [-0.4, -0.2) is 113 Å². The predicted octanol–water partition coefficient (Wildman–Crippen LogP) is 2.41. The molecule has 2 aliphatic heterocycles. The van der Waals surface area contributed by atoms with Gasteiger partial charge in [0.2, 0.25) is 23.6 Å². The molecule has 3 heterocycles. The summed E-state index contributed by atoms with van der Waals surface area (Å²) in [6.45, 7) is 7.78. The lowest BCUT2D eigenvalue weighted by Gasteiger charge is -2.33. The number of ketones is 1. The van der Waals surface area contributed by atoms with Crippen molar-refractivity contribution in [2.24, 2.45) is 5.92 Å². The SMILES string of the molecule is CC(C)C[C@H](NC(=O)[C@H](Cc1ccccc1)N1C(=O)[C@@H](NC(=O)[C@H](CCc2ccccc2)NC(=O)Cc2cc(OC(=O)CN(C)C)on2)CC1C)C(=O)C1(C)CO1. The Kier molecular flexibility index (Phi) is 14.4. The molecule has 3 aromatic rings. The summed E-state index contributed by atoms with van der Waals surface area (Å²) in [5, 5.41) is 12.4. The van der Waals surface area contributed by atoms with Crippen molar-refractivity contribution in [3.63, 3.8) is 0 Å². The average molecular weight is 787 g/mol. The van der Waals surface area contributed by atoms with Gasteiger partial charge in [0.15, 0.2) is 5.78 Å². The lowest BCUT2D eigenvalue weighted by Crippen LogP contribution is -2.57. The van der Waals surface area contributed by atoms with Gasteiger partial charge < -0.3 is 34.8 Å². The van der Waals surface area contributed by atoms with Gasteiger partial charge in [0.25, 0.3) is 0 Å². The standard InChI is InChI=1S/C42H54N6O9/c1-26(2)19-32(38(51)42(4)25-55-42)44-40(53)34(21-29-15-11-8-12-16-29)48-27(3)20-33(41(48)54)45-39(52)31(18-17-28-13-9-7-10-14-28)43-35(49)22-30-23-37(57-46-30)56-36(50)24-47(5)6/h7-16,23,26-27,31-34H,17-22,24-25H2,1-6H3,(H,43,49)(H,44,53)(H,45,52)/t27?,31-,32-,33-,34-,42?/m0/s1. The van der Waals surface area contributed by atoms with Gasteiger partial charge in [-0.3, -0.25) is 33.7 Å². The van der Waals surface area contributed by atoms with Crippen molar-refractivity contribution in [1.29, 1.82) is 0 Å². The molecule has 2 aromatic carbocycles. The van der Waals surface area contributed by atoms with Gasteiger partial charge in [0, 0.05) is 18.5 Å². The maximum atomic E-state index is 14.3. The summed E-state index contributed by atoms with van der Waals surface area (Å²) in [5.74, 6) is -2.83. The molecular formula is C42H54N6O9. The van der Waals surface area contributed by atoms with E-state index in [0.717, 1.165) is 11.1 Å². The summed E-state index contributed by atoms with van der Waals surface area (Å²) in [6.07, 6.45) is 1.23. The Hall–Kier alpha value is -5.41. The highest BCUT2D eigenvalue weighted by Crippen LogP contribution is 2.30. The third-order valence-corrected chi connectivity index (χ3v) is 10.0. The lowest BCUT2D eigenvalue weighted by atomic mass is 9.92. The summed E-state index contributed by atoms with van der Waals surface area (Å²) in [6, 6.07) is 15.9. The third kappa shape index (κ3) is 12.0. The van der Waals surface area contributed by atoms with Gasteiger partial charge in [0.1, 0.15) is 23.7 Å². The first-order chi connectivity index (χ1) is 27.1. The smallest absolute Gasteiger partial charge is 0.327 e. The van der Waals surface area contributed by atoms with Crippen LogP contribution >= 0.6 is 0 Å². The fraction of sp³-hybridized carbons (Fsp3) is 0.500. The summed E-state index contributed by atoms with van der Waals surface area (Å²) in [7, 11) is 3.42. The molecule has 1 aromatic heterocycles. The van der Waals surface area contributed by atoms with Crippen molar-refractivity contribution in [3.8, 4) is 5.95 Å². The molecule has 2 aliphatic rings. The van der Waals surface area contributed by atoms with E-state index in [0.29, 0.717) is 12.8 Å². The number of benzene rings is 2. The van der Waals surface area contributed by atoms with Crippen LogP contribution in [0.4, 0.5) is 0 Å². The van der Waals surface area contributed by atoms with E-state index in [1.54, 1.807) is 25.9 Å². The molecule has 2 unspecified atom stereocenters. The quantitative estimate of drug-likeness (QED) is 0.113. The molecule has 0 saturated carbocycles. The Balaban J connectivity index is 1.30. The Bertz CT molecular complexity index is 1880. The van der Waals surface area contributed by atoms with Crippen molar-refractivity contribution >= 4 is 35.4 Å². The molecule has 0 spiro atoms. The highest BCUT2D eigenvalue weighted by atomic mass is 16.7. The molecular weight excluding hydrogens is 732 g/mol. The minimum absolute atomic E-state index is 0.0186. The number of carbonyl (C=O) groups is 6. The predicted molar refractivity (Wildman–Crippen MR) is 209 cm³/mol. The number of nitrogens with zero attached hydrogens (tertiary/aromatic N) is 3. The van der Waals surface area contributed by atoms with Crippen LogP contribution in [-0.2, 0) is 52.8 Å². The number of esters is 1. The second-order valence-corrected chi connectivity index (χ2v) is 15.8. The van der Waals surface area contributed by atoms with Crippen molar-refractivity contribution in [1.82, 2.24) is 30.9 Å². The topological polar surface area (TPSA) is 193 Å². The molecule has 0 radical (unpaired) electrons. The summed E-state index contributed by atoms with van der Waals surface area (Å²) < 4.78 is 15.6. The molecule has 15 nitrogen and oxygen atoms in total. The van der Waals surface area contributed by atoms with E-state index < -0.39 is 65.4 Å². The number of rotatable bonds is 20. The summed E-state index contributed by atoms with van der Waals surface area (Å²) in [5.41, 5.74) is 1.02. The van der Waals surface area contributed by atoms with Crippen LogP contribution in [0, 0.1) is 5.92 Å². The molecule has 3 N–H and O–H groups in total. The van der Waals surface area contributed by atoms with E-state index in [4.69, 9.17) is 14.0 Å². The normalized spacial score (nSPS) is 20.5. The molecule has 0 aliphatic carbocycles. The fourth-order valence-electron chi connectivity index (χ4n) is 7.01. The molecule has 4 amide bonds. The number of ether oxygens (including phenoxy) is 2. The number of aromatic nitrogens is 1. The van der Waals surface area contributed by atoms with Crippen molar-refractivity contribution in [3.05, 3.63) is 83.6 Å². The highest BCUT2D eigenvalue weighted by Gasteiger charge is 2.51. The lowest BCUT2D eigenvalue weighted by molar-refractivity contribution is -0.142. The van der Waals surface area contributed by atoms with Crippen molar-refractivity contribution in [2.75, 3.05) is 27.2 Å². The highest BCUT2D eigenvalue weighted by molar-refractivity contribution is 5.99. The number of amides is 4. The van der Waals surface area contributed by atoms with Crippen molar-refractivity contribution in [2.45, 2.75) is 102 Å². The Morgan fingerprint density at radius 3 is 2.23 bits per heavy atom. The maximum absolute atomic E-state index is 14.3. The first-order valence-electron chi connectivity index (χ1n) is 19.4. The zero-order chi connectivity index (χ0) is 41.3. The molecule has 2 saturated heterocycles. The first kappa shape index (κ1) is 42.7. The Morgan fingerprint density at radius 1 is 0.965 bits per heavy atom. The van der Waals surface area contributed by atoms with Crippen LogP contribution < -0.4 is 20.7 Å². The molecule has 15 heteroatoms. The molecule has 5 rings (SSSR count). The van der Waals surface area contributed by atoms with Gasteiger partial charge in [0.05, 0.1) is 31.3 Å². The number of carbonyl (C=O) groups excluding carboxylic acids is 6. The van der Waals surface area contributed by atoms with Crippen LogP contribution in [0.5, 0.6) is 5.95 Å². The first-order valence-corrected chi connectivity index (χ1v) is 19.4. The van der Waals surface area contributed by atoms with E-state index in [2.05, 4.69) is 21.1 Å². The van der Waals surface area contributed by atoms with E-state index in [1.165, 1.54) is 11.0 Å². The number of epoxide rings is 1. The van der Waals surface area contributed by atoms with Gasteiger partial charge in [-0.15, -0.1) is 0 Å². The second-order valence-electron chi connectivity index (χ2n) is 15.8. The minimum atomic E-state index is -1.03. The average Bonchev–Trinajstić information content (AvgIpc) is 3.67. The van der Waals surface area contributed by atoms with E-state index >= 15 is 0 Å². The number of hydrogen-bond acceptors (Lipinski definition) is 11. The number of Topliss-reactive ketones (excluding diaryl/α,β-unsaturated/α-hetero) is 1. The molecule has 57 heavy (non-hydrogen) atoms. The summed E-state index contributed by atoms with van der Waals surface area (Å²) in [4.78, 5) is 84.3. The van der Waals surface area contributed by atoms with E-state index in [9.17, 15) is 28.8 Å². The van der Waals surface area contributed by atoms with Gasteiger partial charge >= 0.3 is 11.9 Å². The third-order valence-electron chi connectivity index (χ3n) is 10.0. The Morgan fingerprint density at radius 2 is 1.61 bits per heavy atom. The maximum Gasteiger partial charge on any atom is 0.327 e. The number of nitrogens with one attached hydrogen (secondary N) is 3. The number of aryl methyl sites for hydroxylation is 1. The zero-order valence-corrected chi connectivity index (χ0v) is 33.5. The van der Waals surface area contributed by atoms with E-state index in [-0.39, 0.29) is 62.2 Å². The Labute approximate surface area is 333 Å². The summed E-state index contributed by atoms with van der Waals surface area (Å²) >= 11 is 0. The van der Waals surface area contributed by atoms with Gasteiger partial charge in [-0.1, -0.05) is 79.7 Å². The van der Waals surface area contributed by atoms with E-state index in [1.807, 2.05) is 81.4 Å². The van der Waals surface area contributed by atoms with Gasteiger partial charge in [-0.25, -0.2) is 0 Å². The van der Waals surface area contributed by atoms with Crippen molar-refractivity contribution < 1.29 is 42.8 Å².